The molecule has 6 nitrogen and oxygen atoms in total. The van der Waals surface area contributed by atoms with Gasteiger partial charge in [-0.3, -0.25) is 13.7 Å². The average molecular weight is 490 g/mol. The predicted octanol–water partition coefficient (Wildman–Crippen LogP) is 4.19. The summed E-state index contributed by atoms with van der Waals surface area (Å²) in [4.78, 5) is 14.2. The Bertz CT molecular complexity index is 965. The van der Waals surface area contributed by atoms with E-state index in [0.717, 1.165) is 38.7 Å². The molecule has 1 aromatic heterocycles. The first-order valence-corrected chi connectivity index (χ1v) is 14.9. The molecule has 34 heavy (non-hydrogen) atoms. The van der Waals surface area contributed by atoms with Gasteiger partial charge in [0.2, 0.25) is 0 Å². The smallest absolute Gasteiger partial charge is 0.157 e. The van der Waals surface area contributed by atoms with Crippen LogP contribution in [0, 0.1) is 40.4 Å². The van der Waals surface area contributed by atoms with E-state index in [4.69, 9.17) is 10.5 Å². The quantitative estimate of drug-likeness (QED) is 0.647. The van der Waals surface area contributed by atoms with Crippen molar-refractivity contribution in [3.63, 3.8) is 0 Å². The van der Waals surface area contributed by atoms with Gasteiger partial charge in [0, 0.05) is 36.4 Å². The van der Waals surface area contributed by atoms with Crippen LogP contribution in [0.4, 0.5) is 0 Å². The van der Waals surface area contributed by atoms with Crippen molar-refractivity contribution in [1.82, 2.24) is 9.78 Å². The lowest BCUT2D eigenvalue weighted by atomic mass is 9.41. The Balaban J connectivity index is 1.37. The van der Waals surface area contributed by atoms with Crippen LogP contribution >= 0.6 is 0 Å². The third-order valence-electron chi connectivity index (χ3n) is 10.9. The van der Waals surface area contributed by atoms with Crippen molar-refractivity contribution in [2.45, 2.75) is 88.6 Å². The first-order valence-electron chi connectivity index (χ1n) is 13.3. The Hall–Kier alpha value is -1.05. The topological polar surface area (TPSA) is 87.2 Å². The minimum absolute atomic E-state index is 0.0621. The molecule has 2 N–H and O–H groups in total. The van der Waals surface area contributed by atoms with Gasteiger partial charge in [-0.05, 0) is 86.9 Å². The van der Waals surface area contributed by atoms with Crippen LogP contribution in [0.15, 0.2) is 17.3 Å². The fraction of sp³-hybridized carbons (Fsp3) is 0.852. The molecule has 1 heterocycles. The molecule has 0 aliphatic heterocycles. The van der Waals surface area contributed by atoms with Crippen LogP contribution in [0.2, 0.25) is 0 Å². The third kappa shape index (κ3) is 3.67. The van der Waals surface area contributed by atoms with Crippen LogP contribution in [0.5, 0.6) is 0 Å². The molecule has 5 rings (SSSR count). The maximum absolute atomic E-state index is 13.5. The molecule has 4 aliphatic rings. The van der Waals surface area contributed by atoms with Gasteiger partial charge in [0.15, 0.2) is 5.78 Å². The molecule has 0 amide bonds. The minimum Gasteiger partial charge on any atom is -0.384 e. The summed E-state index contributed by atoms with van der Waals surface area (Å²) in [6.45, 7) is 5.83. The monoisotopic (exact) mass is 489 g/mol. The molecule has 0 radical (unpaired) electrons. The average Bonchev–Trinajstić information content (AvgIpc) is 3.38. The molecule has 0 aromatic carbocycles. The van der Waals surface area contributed by atoms with Gasteiger partial charge >= 0.3 is 0 Å². The number of ether oxygens (including phenoxy) is 1. The van der Waals surface area contributed by atoms with Crippen molar-refractivity contribution in [1.29, 1.82) is 0 Å². The largest absolute Gasteiger partial charge is 0.384 e. The Labute approximate surface area is 207 Å². The predicted molar refractivity (Wildman–Crippen MR) is 134 cm³/mol. The number of Topliss-reactive ketones (excluding diaryl/α,β-unsaturated/α-hetero) is 1. The number of aromatic nitrogens is 2. The zero-order chi connectivity index (χ0) is 24.3. The number of nitrogens with zero attached hydrogens (tertiary/aromatic N) is 2. The standard InChI is InChI=1S/C27H43N3O3S/c1-18-7-11-26(17-33-3)22-9-10-25(2)21(20(22)8-12-27(26,28)13-18)5-6-23(25)24(31)16-30-15-19(14-29-30)34(4)32/h14-15,18,20-23H,5-13,16-17,28H2,1-4H3/t18?,20?,21?,22?,23-,25?,26?,27?,34?/m1/s1. The van der Waals surface area contributed by atoms with Gasteiger partial charge in [-0.25, -0.2) is 0 Å². The van der Waals surface area contributed by atoms with Crippen molar-refractivity contribution in [2.75, 3.05) is 20.0 Å². The van der Waals surface area contributed by atoms with Crippen molar-refractivity contribution < 1.29 is 13.7 Å². The second-order valence-electron chi connectivity index (χ2n) is 12.5. The summed E-state index contributed by atoms with van der Waals surface area (Å²) in [5.41, 5.74) is 7.31. The molecule has 0 bridgehead atoms. The molecule has 4 fully saturated rings. The lowest BCUT2D eigenvalue weighted by Crippen LogP contribution is -2.69. The molecular weight excluding hydrogens is 446 g/mol. The Morgan fingerprint density at radius 3 is 2.71 bits per heavy atom. The van der Waals surface area contributed by atoms with E-state index in [9.17, 15) is 9.00 Å². The first kappa shape index (κ1) is 24.6. The molecule has 0 spiro atoms. The summed E-state index contributed by atoms with van der Waals surface area (Å²) in [5, 5.41) is 4.30. The molecule has 4 aliphatic carbocycles. The molecule has 7 heteroatoms. The molecule has 1 aromatic rings. The first-order chi connectivity index (χ1) is 16.1. The summed E-state index contributed by atoms with van der Waals surface area (Å²) in [6.07, 6.45) is 15.3. The fourth-order valence-electron chi connectivity index (χ4n) is 9.34. The van der Waals surface area contributed by atoms with Gasteiger partial charge in [0.1, 0.15) is 0 Å². The number of methoxy groups -OCH3 is 1. The van der Waals surface area contributed by atoms with E-state index in [1.165, 1.54) is 25.7 Å². The fourth-order valence-corrected chi connectivity index (χ4v) is 9.81. The summed E-state index contributed by atoms with van der Waals surface area (Å²) in [7, 11) is 0.775. The van der Waals surface area contributed by atoms with Gasteiger partial charge in [0.25, 0.3) is 0 Å². The highest BCUT2D eigenvalue weighted by atomic mass is 32.2. The molecule has 190 valence electrons. The lowest BCUT2D eigenvalue weighted by molar-refractivity contribution is -0.163. The lowest BCUT2D eigenvalue weighted by Gasteiger charge is -2.65. The Morgan fingerprint density at radius 1 is 1.21 bits per heavy atom. The van der Waals surface area contributed by atoms with Crippen LogP contribution in [-0.2, 0) is 26.9 Å². The van der Waals surface area contributed by atoms with E-state index in [0.29, 0.717) is 34.4 Å². The van der Waals surface area contributed by atoms with E-state index >= 15 is 0 Å². The summed E-state index contributed by atoms with van der Waals surface area (Å²) in [5.74, 6) is 2.93. The normalized spacial score (nSPS) is 44.7. The highest BCUT2D eigenvalue weighted by molar-refractivity contribution is 7.84. The van der Waals surface area contributed by atoms with Gasteiger partial charge < -0.3 is 10.5 Å². The summed E-state index contributed by atoms with van der Waals surface area (Å²) in [6, 6.07) is 0. The molecule has 0 saturated heterocycles. The van der Waals surface area contributed by atoms with Gasteiger partial charge in [0.05, 0.1) is 35.0 Å². The number of nitrogens with two attached hydrogens (primary N) is 1. The van der Waals surface area contributed by atoms with Crippen LogP contribution in [0.3, 0.4) is 0 Å². The zero-order valence-electron chi connectivity index (χ0n) is 21.4. The number of carbonyl (C=O) groups is 1. The van der Waals surface area contributed by atoms with Crippen LogP contribution in [0.1, 0.15) is 71.6 Å². The Kier molecular flexibility index (Phi) is 6.38. The summed E-state index contributed by atoms with van der Waals surface area (Å²) >= 11 is 0. The number of ketones is 1. The number of carbonyl (C=O) groups excluding carboxylic acids is 1. The van der Waals surface area contributed by atoms with E-state index in [1.54, 1.807) is 23.3 Å². The second kappa shape index (κ2) is 8.81. The molecule has 4 saturated carbocycles. The molecule has 8 unspecified atom stereocenters. The van der Waals surface area contributed by atoms with E-state index in [-0.39, 0.29) is 28.8 Å². The number of hydrogen-bond donors (Lipinski definition) is 1. The van der Waals surface area contributed by atoms with E-state index < -0.39 is 10.8 Å². The number of hydrogen-bond acceptors (Lipinski definition) is 5. The molecular formula is C27H43N3O3S. The second-order valence-corrected chi connectivity index (χ2v) is 13.9. The van der Waals surface area contributed by atoms with E-state index in [2.05, 4.69) is 18.9 Å². The number of rotatable bonds is 6. The molecule has 9 atom stereocenters. The minimum atomic E-state index is -1.07. The zero-order valence-corrected chi connectivity index (χ0v) is 22.2. The van der Waals surface area contributed by atoms with Crippen LogP contribution in [0.25, 0.3) is 0 Å². The summed E-state index contributed by atoms with van der Waals surface area (Å²) < 4.78 is 19.3. The Morgan fingerprint density at radius 2 is 2.00 bits per heavy atom. The SMILES string of the molecule is COCC12CCC(C)CC1(N)CCC1C3CC[C@H](C(=O)Cn4cc(S(C)=O)cn4)C3(C)CCC12. The van der Waals surface area contributed by atoms with Gasteiger partial charge in [-0.1, -0.05) is 13.8 Å². The van der Waals surface area contributed by atoms with Crippen molar-refractivity contribution in [2.24, 2.45) is 46.2 Å². The van der Waals surface area contributed by atoms with Crippen LogP contribution < -0.4 is 5.73 Å². The highest BCUT2D eigenvalue weighted by Gasteiger charge is 2.65. The maximum Gasteiger partial charge on any atom is 0.157 e. The van der Waals surface area contributed by atoms with Crippen molar-refractivity contribution >= 4 is 16.6 Å². The number of fused-ring (bicyclic) bond motifs is 5. The van der Waals surface area contributed by atoms with Crippen molar-refractivity contribution in [3.8, 4) is 0 Å². The van der Waals surface area contributed by atoms with Crippen molar-refractivity contribution in [3.05, 3.63) is 12.4 Å². The van der Waals surface area contributed by atoms with E-state index in [1.807, 2.05) is 7.11 Å². The third-order valence-corrected chi connectivity index (χ3v) is 11.8. The maximum atomic E-state index is 13.5. The van der Waals surface area contributed by atoms with Gasteiger partial charge in [-0.15, -0.1) is 0 Å². The van der Waals surface area contributed by atoms with Gasteiger partial charge in [-0.2, -0.15) is 5.10 Å². The highest BCUT2D eigenvalue weighted by Crippen LogP contribution is 2.68. The van der Waals surface area contributed by atoms with Crippen LogP contribution in [-0.4, -0.2) is 45.3 Å².